The molecule has 7 heteroatoms. The van der Waals surface area contributed by atoms with Gasteiger partial charge in [-0.15, -0.1) is 0 Å². The fourth-order valence-electron chi connectivity index (χ4n) is 2.18. The first-order valence-electron chi connectivity index (χ1n) is 6.57. The minimum atomic E-state index is -3.03. The van der Waals surface area contributed by atoms with Crippen molar-refractivity contribution in [2.24, 2.45) is 0 Å². The molecule has 0 bridgehead atoms. The lowest BCUT2D eigenvalue weighted by Gasteiger charge is -2.30. The van der Waals surface area contributed by atoms with E-state index < -0.39 is 15.4 Å². The van der Waals surface area contributed by atoms with Gasteiger partial charge in [-0.1, -0.05) is 0 Å². The minimum absolute atomic E-state index is 0.0127. The van der Waals surface area contributed by atoms with E-state index in [0.717, 1.165) is 0 Å². The lowest BCUT2D eigenvalue weighted by molar-refractivity contribution is -0.134. The molecule has 1 heterocycles. The third-order valence-electron chi connectivity index (χ3n) is 3.03. The minimum Gasteiger partial charge on any atom is -0.389 e. The predicted octanol–water partition coefficient (Wildman–Crippen LogP) is -0.617. The maximum absolute atomic E-state index is 12.1. The van der Waals surface area contributed by atoms with Crippen molar-refractivity contribution in [3.8, 4) is 0 Å². The number of sulfone groups is 1. The van der Waals surface area contributed by atoms with Crippen LogP contribution in [0.3, 0.4) is 0 Å². The monoisotopic (exact) mass is 292 g/mol. The summed E-state index contributed by atoms with van der Waals surface area (Å²) in [6.45, 7) is 6.29. The second-order valence-corrected chi connectivity index (χ2v) is 7.92. The SMILES string of the molecule is CCN(CC(C)(C)O)C(=O)CC1CS(=O)(=O)CCN1. The van der Waals surface area contributed by atoms with E-state index in [9.17, 15) is 18.3 Å². The van der Waals surface area contributed by atoms with Crippen LogP contribution in [0.15, 0.2) is 0 Å². The molecular formula is C12H24N2O4S. The van der Waals surface area contributed by atoms with Crippen LogP contribution < -0.4 is 5.32 Å². The summed E-state index contributed by atoms with van der Waals surface area (Å²) in [4.78, 5) is 13.7. The van der Waals surface area contributed by atoms with Crippen LogP contribution in [0, 0.1) is 0 Å². The lowest BCUT2D eigenvalue weighted by Crippen LogP contribution is -2.49. The van der Waals surface area contributed by atoms with E-state index in [0.29, 0.717) is 13.1 Å². The zero-order chi connectivity index (χ0) is 14.7. The van der Waals surface area contributed by atoms with Crippen molar-refractivity contribution in [3.05, 3.63) is 0 Å². The molecule has 6 nitrogen and oxygen atoms in total. The van der Waals surface area contributed by atoms with Gasteiger partial charge in [0.2, 0.25) is 5.91 Å². The van der Waals surface area contributed by atoms with E-state index in [-0.39, 0.29) is 36.4 Å². The fourth-order valence-corrected chi connectivity index (χ4v) is 3.63. The highest BCUT2D eigenvalue weighted by atomic mass is 32.2. The number of aliphatic hydroxyl groups is 1. The smallest absolute Gasteiger partial charge is 0.224 e. The van der Waals surface area contributed by atoms with Crippen LogP contribution in [-0.4, -0.2) is 67.1 Å². The molecule has 19 heavy (non-hydrogen) atoms. The summed E-state index contributed by atoms with van der Waals surface area (Å²) < 4.78 is 23.0. The van der Waals surface area contributed by atoms with E-state index in [4.69, 9.17) is 0 Å². The van der Waals surface area contributed by atoms with E-state index in [1.807, 2.05) is 6.92 Å². The van der Waals surface area contributed by atoms with Gasteiger partial charge in [-0.05, 0) is 20.8 Å². The molecule has 0 aliphatic carbocycles. The maximum Gasteiger partial charge on any atom is 0.224 e. The average molecular weight is 292 g/mol. The van der Waals surface area contributed by atoms with Gasteiger partial charge in [0.15, 0.2) is 9.84 Å². The molecule has 1 fully saturated rings. The number of amides is 1. The fraction of sp³-hybridized carbons (Fsp3) is 0.917. The van der Waals surface area contributed by atoms with Crippen molar-refractivity contribution in [1.82, 2.24) is 10.2 Å². The molecule has 1 amide bonds. The average Bonchev–Trinajstić information content (AvgIpc) is 2.23. The van der Waals surface area contributed by atoms with Crippen molar-refractivity contribution in [3.63, 3.8) is 0 Å². The summed E-state index contributed by atoms with van der Waals surface area (Å²) in [5.41, 5.74) is -0.947. The van der Waals surface area contributed by atoms with E-state index in [1.165, 1.54) is 0 Å². The standard InChI is InChI=1S/C12H24N2O4S/c1-4-14(9-12(2,3)16)11(15)7-10-8-19(17,18)6-5-13-10/h10,13,16H,4-9H2,1-3H3. The molecule has 1 atom stereocenters. The van der Waals surface area contributed by atoms with E-state index in [1.54, 1.807) is 18.7 Å². The Kier molecular flexibility index (Phi) is 5.34. The molecule has 0 saturated carbocycles. The third-order valence-corrected chi connectivity index (χ3v) is 4.77. The van der Waals surface area contributed by atoms with Crippen molar-refractivity contribution in [1.29, 1.82) is 0 Å². The normalized spacial score (nSPS) is 23.1. The molecule has 2 N–H and O–H groups in total. The Morgan fingerprint density at radius 1 is 1.47 bits per heavy atom. The molecule has 1 rings (SSSR count). The Balaban J connectivity index is 2.57. The first kappa shape index (κ1) is 16.4. The lowest BCUT2D eigenvalue weighted by atomic mass is 10.1. The number of rotatable bonds is 5. The molecule has 0 spiro atoms. The van der Waals surface area contributed by atoms with Gasteiger partial charge < -0.3 is 15.3 Å². The van der Waals surface area contributed by atoms with Gasteiger partial charge >= 0.3 is 0 Å². The van der Waals surface area contributed by atoms with E-state index in [2.05, 4.69) is 5.32 Å². The van der Waals surface area contributed by atoms with Crippen LogP contribution >= 0.6 is 0 Å². The highest BCUT2D eigenvalue weighted by molar-refractivity contribution is 7.91. The molecule has 0 aromatic heterocycles. The Morgan fingerprint density at radius 2 is 2.11 bits per heavy atom. The molecule has 0 aromatic rings. The first-order valence-corrected chi connectivity index (χ1v) is 8.39. The number of hydrogen-bond acceptors (Lipinski definition) is 5. The number of nitrogens with one attached hydrogen (secondary N) is 1. The van der Waals surface area contributed by atoms with Gasteiger partial charge in [0.05, 0.1) is 17.1 Å². The summed E-state index contributed by atoms with van der Waals surface area (Å²) in [6, 6.07) is -0.317. The molecule has 1 aliphatic rings. The first-order chi connectivity index (χ1) is 8.63. The number of likely N-dealkylation sites (N-methyl/N-ethyl adjacent to an activating group) is 1. The zero-order valence-corrected chi connectivity index (χ0v) is 12.7. The molecule has 0 radical (unpaired) electrons. The molecule has 1 unspecified atom stereocenters. The van der Waals surface area contributed by atoms with Crippen LogP contribution in [0.25, 0.3) is 0 Å². The largest absolute Gasteiger partial charge is 0.389 e. The number of hydrogen-bond donors (Lipinski definition) is 2. The van der Waals surface area contributed by atoms with E-state index >= 15 is 0 Å². The number of nitrogens with zero attached hydrogens (tertiary/aromatic N) is 1. The zero-order valence-electron chi connectivity index (χ0n) is 11.8. The second kappa shape index (κ2) is 6.19. The second-order valence-electron chi connectivity index (χ2n) is 5.69. The van der Waals surface area contributed by atoms with Crippen LogP contribution in [0.4, 0.5) is 0 Å². The van der Waals surface area contributed by atoms with Crippen molar-refractivity contribution < 1.29 is 18.3 Å². The van der Waals surface area contributed by atoms with Gasteiger partial charge in [-0.25, -0.2) is 8.42 Å². The Hall–Kier alpha value is -0.660. The molecule has 1 saturated heterocycles. The van der Waals surface area contributed by atoms with Gasteiger partial charge in [-0.3, -0.25) is 4.79 Å². The molecular weight excluding hydrogens is 268 g/mol. The third kappa shape index (κ3) is 5.88. The summed E-state index contributed by atoms with van der Waals surface area (Å²) in [5, 5.41) is 12.8. The van der Waals surface area contributed by atoms with Crippen LogP contribution in [0.5, 0.6) is 0 Å². The van der Waals surface area contributed by atoms with Crippen molar-refractivity contribution >= 4 is 15.7 Å². The van der Waals surface area contributed by atoms with Crippen LogP contribution in [0.1, 0.15) is 27.2 Å². The summed E-state index contributed by atoms with van der Waals surface area (Å²) in [5.74, 6) is 0.0247. The highest BCUT2D eigenvalue weighted by Crippen LogP contribution is 2.10. The summed E-state index contributed by atoms with van der Waals surface area (Å²) in [7, 11) is -3.03. The van der Waals surface area contributed by atoms with Crippen molar-refractivity contribution in [2.45, 2.75) is 38.8 Å². The van der Waals surface area contributed by atoms with Gasteiger partial charge in [0, 0.05) is 32.1 Å². The van der Waals surface area contributed by atoms with Crippen LogP contribution in [0.2, 0.25) is 0 Å². The Labute approximate surface area is 115 Å². The highest BCUT2D eigenvalue weighted by Gasteiger charge is 2.28. The number of carbonyl (C=O) groups is 1. The Bertz CT molecular complexity index is 414. The number of carbonyl (C=O) groups excluding carboxylic acids is 1. The summed E-state index contributed by atoms with van der Waals surface area (Å²) in [6.07, 6.45) is 0.156. The molecule has 112 valence electrons. The quantitative estimate of drug-likeness (QED) is 0.705. The molecule has 0 aromatic carbocycles. The Morgan fingerprint density at radius 3 is 2.58 bits per heavy atom. The van der Waals surface area contributed by atoms with Gasteiger partial charge in [0.25, 0.3) is 0 Å². The predicted molar refractivity (Wildman–Crippen MR) is 73.6 cm³/mol. The van der Waals surface area contributed by atoms with Gasteiger partial charge in [0.1, 0.15) is 0 Å². The maximum atomic E-state index is 12.1. The summed E-state index contributed by atoms with van der Waals surface area (Å²) >= 11 is 0. The topological polar surface area (TPSA) is 86.7 Å². The van der Waals surface area contributed by atoms with Crippen LogP contribution in [-0.2, 0) is 14.6 Å². The molecule has 1 aliphatic heterocycles. The van der Waals surface area contributed by atoms with Gasteiger partial charge in [-0.2, -0.15) is 0 Å². The van der Waals surface area contributed by atoms with Crippen molar-refractivity contribution in [2.75, 3.05) is 31.1 Å².